The lowest BCUT2D eigenvalue weighted by Crippen LogP contribution is -2.44. The minimum absolute atomic E-state index is 0.223. The molecule has 16 heavy (non-hydrogen) atoms. The fourth-order valence-electron chi connectivity index (χ4n) is 4.08. The van der Waals surface area contributed by atoms with Crippen LogP contribution in [-0.4, -0.2) is 11.7 Å². The quantitative estimate of drug-likeness (QED) is 0.445. The highest BCUT2D eigenvalue weighted by Crippen LogP contribution is 2.59. The summed E-state index contributed by atoms with van der Waals surface area (Å²) >= 11 is 0. The Morgan fingerprint density at radius 3 is 2.69 bits per heavy atom. The van der Waals surface area contributed by atoms with Crippen molar-refractivity contribution in [3.8, 4) is 0 Å². The van der Waals surface area contributed by atoms with Crippen LogP contribution in [0.2, 0.25) is 0 Å². The van der Waals surface area contributed by atoms with E-state index in [9.17, 15) is 0 Å². The van der Waals surface area contributed by atoms with E-state index >= 15 is 0 Å². The molecule has 1 heterocycles. The van der Waals surface area contributed by atoms with Crippen LogP contribution in [0.1, 0.15) is 52.9 Å². The average Bonchev–Trinajstić information content (AvgIpc) is 2.82. The number of ether oxygens (including phenoxy) is 1. The minimum Gasteiger partial charge on any atom is -0.366 e. The number of fused-ring (bicyclic) bond motifs is 2. The van der Waals surface area contributed by atoms with E-state index in [0.29, 0.717) is 11.5 Å². The number of epoxide rings is 1. The molecule has 1 saturated heterocycles. The monoisotopic (exact) mass is 220 g/mol. The Morgan fingerprint density at radius 2 is 2.00 bits per heavy atom. The van der Waals surface area contributed by atoms with Crippen LogP contribution in [0.3, 0.4) is 0 Å². The Morgan fingerprint density at radius 1 is 1.25 bits per heavy atom. The van der Waals surface area contributed by atoms with Crippen molar-refractivity contribution in [3.63, 3.8) is 0 Å². The summed E-state index contributed by atoms with van der Waals surface area (Å²) in [6.45, 7) is 11.5. The molecule has 3 aliphatic rings. The van der Waals surface area contributed by atoms with Crippen LogP contribution in [-0.2, 0) is 4.74 Å². The Labute approximate surface area is 99.3 Å². The molecule has 0 amide bonds. The summed E-state index contributed by atoms with van der Waals surface area (Å²) in [5, 5.41) is 0. The van der Waals surface area contributed by atoms with Crippen molar-refractivity contribution in [2.45, 2.75) is 64.6 Å². The lowest BCUT2D eigenvalue weighted by atomic mass is 9.52. The summed E-state index contributed by atoms with van der Waals surface area (Å²) in [4.78, 5) is 0. The fraction of sp³-hybridized carbons (Fsp3) is 0.867. The summed E-state index contributed by atoms with van der Waals surface area (Å²) in [7, 11) is 0. The van der Waals surface area contributed by atoms with E-state index in [4.69, 9.17) is 4.74 Å². The van der Waals surface area contributed by atoms with Gasteiger partial charge in [-0.25, -0.2) is 0 Å². The summed E-state index contributed by atoms with van der Waals surface area (Å²) in [6, 6.07) is 0. The Balaban J connectivity index is 1.78. The number of rotatable bonds is 0. The van der Waals surface area contributed by atoms with E-state index in [2.05, 4.69) is 27.4 Å². The van der Waals surface area contributed by atoms with Gasteiger partial charge >= 0.3 is 0 Å². The second kappa shape index (κ2) is 3.13. The maximum Gasteiger partial charge on any atom is 0.0920 e. The van der Waals surface area contributed by atoms with Gasteiger partial charge in [0.1, 0.15) is 0 Å². The highest BCUT2D eigenvalue weighted by Gasteiger charge is 2.55. The van der Waals surface area contributed by atoms with Gasteiger partial charge in [-0.05, 0) is 56.3 Å². The zero-order valence-electron chi connectivity index (χ0n) is 10.9. The van der Waals surface area contributed by atoms with E-state index in [-0.39, 0.29) is 5.60 Å². The number of hydrogen-bond acceptors (Lipinski definition) is 1. The first kappa shape index (κ1) is 10.8. The van der Waals surface area contributed by atoms with E-state index in [0.717, 1.165) is 11.8 Å². The van der Waals surface area contributed by atoms with Gasteiger partial charge in [-0.15, -0.1) is 0 Å². The van der Waals surface area contributed by atoms with Gasteiger partial charge in [-0.3, -0.25) is 0 Å². The van der Waals surface area contributed by atoms with Crippen molar-refractivity contribution in [1.29, 1.82) is 0 Å². The van der Waals surface area contributed by atoms with Gasteiger partial charge in [0.05, 0.1) is 11.7 Å². The minimum atomic E-state index is 0.223. The first-order valence-corrected chi connectivity index (χ1v) is 6.78. The summed E-state index contributed by atoms with van der Waals surface area (Å²) in [5.41, 5.74) is 2.27. The number of allylic oxidation sites excluding steroid dienone is 1. The molecule has 0 spiro atoms. The van der Waals surface area contributed by atoms with Gasteiger partial charge in [0.2, 0.25) is 0 Å². The van der Waals surface area contributed by atoms with E-state index in [1.54, 1.807) is 0 Å². The molecule has 0 aromatic carbocycles. The summed E-state index contributed by atoms with van der Waals surface area (Å²) < 4.78 is 5.86. The standard InChI is InChI=1S/C15H24O/c1-10-5-6-13-15(4,16-13)8-7-12-11(10)9-14(12,2)3/h11-13H,1,5-9H2,2-4H3/t11-,12-,13+,15+/m0/s1. The second-order valence-electron chi connectivity index (χ2n) is 7.06. The predicted octanol–water partition coefficient (Wildman–Crippen LogP) is 3.94. The van der Waals surface area contributed by atoms with Crippen LogP contribution in [0.5, 0.6) is 0 Å². The largest absolute Gasteiger partial charge is 0.366 e. The zero-order valence-corrected chi connectivity index (χ0v) is 10.9. The lowest BCUT2D eigenvalue weighted by Gasteiger charge is -2.53. The SMILES string of the molecule is C=C1CC[C@H]2O[C@]2(C)CC[C@H]2[C@H]1CC2(C)C. The molecule has 0 aromatic heterocycles. The van der Waals surface area contributed by atoms with Gasteiger partial charge in [0, 0.05) is 0 Å². The molecular weight excluding hydrogens is 196 g/mol. The molecule has 0 N–H and O–H groups in total. The Bertz CT molecular complexity index is 330. The van der Waals surface area contributed by atoms with Crippen molar-refractivity contribution in [3.05, 3.63) is 12.2 Å². The highest BCUT2D eigenvalue weighted by atomic mass is 16.6. The first-order valence-electron chi connectivity index (χ1n) is 6.78. The topological polar surface area (TPSA) is 12.5 Å². The maximum atomic E-state index is 5.86. The molecule has 0 aromatic rings. The Hall–Kier alpha value is -0.300. The molecule has 0 radical (unpaired) electrons. The van der Waals surface area contributed by atoms with Crippen molar-refractivity contribution >= 4 is 0 Å². The molecule has 1 heteroatoms. The molecule has 90 valence electrons. The smallest absolute Gasteiger partial charge is 0.0920 e. The molecule has 4 atom stereocenters. The molecule has 3 fully saturated rings. The molecule has 1 aliphatic heterocycles. The molecular formula is C15H24O. The third-order valence-corrected chi connectivity index (χ3v) is 5.47. The van der Waals surface area contributed by atoms with Crippen LogP contribution in [0.15, 0.2) is 12.2 Å². The zero-order chi connectivity index (χ0) is 11.6. The van der Waals surface area contributed by atoms with Crippen LogP contribution in [0.4, 0.5) is 0 Å². The van der Waals surface area contributed by atoms with Crippen molar-refractivity contribution in [1.82, 2.24) is 0 Å². The first-order chi connectivity index (χ1) is 7.42. The molecule has 0 bridgehead atoms. The van der Waals surface area contributed by atoms with Crippen molar-refractivity contribution in [2.24, 2.45) is 17.3 Å². The van der Waals surface area contributed by atoms with E-state index in [1.807, 2.05) is 0 Å². The van der Waals surface area contributed by atoms with Gasteiger partial charge in [-0.1, -0.05) is 26.0 Å². The van der Waals surface area contributed by atoms with Gasteiger partial charge in [0.25, 0.3) is 0 Å². The third-order valence-electron chi connectivity index (χ3n) is 5.47. The van der Waals surface area contributed by atoms with Crippen LogP contribution >= 0.6 is 0 Å². The van der Waals surface area contributed by atoms with Crippen LogP contribution < -0.4 is 0 Å². The highest BCUT2D eigenvalue weighted by molar-refractivity contribution is 5.16. The van der Waals surface area contributed by atoms with Gasteiger partial charge < -0.3 is 4.74 Å². The van der Waals surface area contributed by atoms with Crippen molar-refractivity contribution in [2.75, 3.05) is 0 Å². The van der Waals surface area contributed by atoms with Crippen LogP contribution in [0, 0.1) is 17.3 Å². The second-order valence-corrected chi connectivity index (χ2v) is 7.06. The third kappa shape index (κ3) is 1.48. The van der Waals surface area contributed by atoms with Gasteiger partial charge in [0.15, 0.2) is 0 Å². The van der Waals surface area contributed by atoms with E-state index < -0.39 is 0 Å². The summed E-state index contributed by atoms with van der Waals surface area (Å²) in [5.74, 6) is 1.68. The maximum absolute atomic E-state index is 5.86. The van der Waals surface area contributed by atoms with E-state index in [1.165, 1.54) is 37.7 Å². The van der Waals surface area contributed by atoms with Crippen LogP contribution in [0.25, 0.3) is 0 Å². The average molecular weight is 220 g/mol. The predicted molar refractivity (Wildman–Crippen MR) is 66.3 cm³/mol. The fourth-order valence-corrected chi connectivity index (χ4v) is 4.08. The molecule has 3 rings (SSSR count). The molecule has 2 saturated carbocycles. The molecule has 0 unspecified atom stereocenters. The van der Waals surface area contributed by atoms with Gasteiger partial charge in [-0.2, -0.15) is 0 Å². The normalized spacial score (nSPS) is 50.2. The number of hydrogen-bond donors (Lipinski definition) is 0. The molecule has 2 aliphatic carbocycles. The molecule has 1 nitrogen and oxygen atoms in total. The van der Waals surface area contributed by atoms with Crippen molar-refractivity contribution < 1.29 is 4.74 Å². The lowest BCUT2D eigenvalue weighted by molar-refractivity contribution is -0.00211. The Kier molecular flexibility index (Phi) is 2.12. The summed E-state index contributed by atoms with van der Waals surface area (Å²) in [6.07, 6.45) is 6.89.